The first kappa shape index (κ1) is 14.4. The van der Waals surface area contributed by atoms with E-state index in [9.17, 15) is 4.79 Å². The van der Waals surface area contributed by atoms with Gasteiger partial charge in [-0.3, -0.25) is 14.8 Å². The van der Waals surface area contributed by atoms with E-state index in [0.717, 1.165) is 37.3 Å². The van der Waals surface area contributed by atoms with E-state index in [0.29, 0.717) is 25.2 Å². The quantitative estimate of drug-likeness (QED) is 0.843. The number of aryl methyl sites for hydroxylation is 1. The Labute approximate surface area is 124 Å². The molecule has 0 aromatic carbocycles. The summed E-state index contributed by atoms with van der Waals surface area (Å²) in [4.78, 5) is 20.7. The summed E-state index contributed by atoms with van der Waals surface area (Å²) in [7, 11) is 0. The van der Waals surface area contributed by atoms with Crippen LogP contribution in [0.25, 0.3) is 0 Å². The number of hydrogen-bond acceptors (Lipinski definition) is 5. The molecular formula is C15H22N4O2. The van der Waals surface area contributed by atoms with Crippen LogP contribution in [-0.2, 0) is 16.1 Å². The zero-order chi connectivity index (χ0) is 14.7. The highest BCUT2D eigenvalue weighted by molar-refractivity contribution is 5.78. The summed E-state index contributed by atoms with van der Waals surface area (Å²) in [5.74, 6) is 0.466. The lowest BCUT2D eigenvalue weighted by molar-refractivity contribution is -0.136. The number of fused-ring (bicyclic) bond motifs is 1. The van der Waals surface area contributed by atoms with Gasteiger partial charge in [-0.2, -0.15) is 0 Å². The Balaban J connectivity index is 1.50. The van der Waals surface area contributed by atoms with Crippen LogP contribution in [0.3, 0.4) is 0 Å². The third kappa shape index (κ3) is 3.57. The topological polar surface area (TPSA) is 76.1 Å². The molecule has 0 aliphatic carbocycles. The average molecular weight is 290 g/mol. The molecular weight excluding hydrogens is 268 g/mol. The van der Waals surface area contributed by atoms with Gasteiger partial charge in [0.25, 0.3) is 0 Å². The number of hydrogen-bond donors (Lipinski definition) is 2. The molecule has 3 rings (SSSR count). The molecule has 21 heavy (non-hydrogen) atoms. The zero-order valence-electron chi connectivity index (χ0n) is 12.3. The number of ether oxygens (including phenoxy) is 1. The average Bonchev–Trinajstić information content (AvgIpc) is 2.53. The highest BCUT2D eigenvalue weighted by atomic mass is 16.5. The lowest BCUT2D eigenvalue weighted by Crippen LogP contribution is -2.49. The van der Waals surface area contributed by atoms with Crippen molar-refractivity contribution in [2.24, 2.45) is 11.8 Å². The number of piperidine rings is 1. The molecule has 2 aliphatic heterocycles. The molecule has 0 radical (unpaired) electrons. The first-order valence-corrected chi connectivity index (χ1v) is 7.60. The SMILES string of the molecule is Cc1cnc(CNC(=O)[C@@H]2CO[C@@H]3CCNC[C@@H]3C2)cn1. The van der Waals surface area contributed by atoms with Crippen LogP contribution in [0, 0.1) is 18.8 Å². The van der Waals surface area contributed by atoms with Crippen molar-refractivity contribution in [2.45, 2.75) is 32.4 Å². The monoisotopic (exact) mass is 290 g/mol. The Hall–Kier alpha value is -1.53. The molecule has 1 aromatic heterocycles. The van der Waals surface area contributed by atoms with Crippen molar-refractivity contribution in [2.75, 3.05) is 19.7 Å². The Morgan fingerprint density at radius 3 is 3.19 bits per heavy atom. The Morgan fingerprint density at radius 1 is 1.48 bits per heavy atom. The standard InChI is InChI=1S/C15H22N4O2/c1-10-5-18-13(7-17-10)8-19-15(20)12-4-11-6-16-3-2-14(11)21-9-12/h5,7,11-12,14,16H,2-4,6,8-9H2,1H3,(H,19,20)/t11-,12-,14+/m0/s1. The van der Waals surface area contributed by atoms with E-state index in [-0.39, 0.29) is 11.8 Å². The second-order valence-corrected chi connectivity index (χ2v) is 5.92. The molecule has 114 valence electrons. The van der Waals surface area contributed by atoms with Crippen molar-refractivity contribution in [1.82, 2.24) is 20.6 Å². The summed E-state index contributed by atoms with van der Waals surface area (Å²) in [5, 5.41) is 6.32. The molecule has 0 saturated carbocycles. The van der Waals surface area contributed by atoms with Gasteiger partial charge in [-0.05, 0) is 32.2 Å². The van der Waals surface area contributed by atoms with Gasteiger partial charge in [0.2, 0.25) is 5.91 Å². The smallest absolute Gasteiger partial charge is 0.225 e. The predicted octanol–water partition coefficient (Wildman–Crippen LogP) is 0.416. The molecule has 0 spiro atoms. The van der Waals surface area contributed by atoms with E-state index < -0.39 is 0 Å². The summed E-state index contributed by atoms with van der Waals surface area (Å²) in [5.41, 5.74) is 1.66. The van der Waals surface area contributed by atoms with Crippen LogP contribution >= 0.6 is 0 Å². The number of carbonyl (C=O) groups is 1. The van der Waals surface area contributed by atoms with E-state index in [1.807, 2.05) is 6.92 Å². The molecule has 2 saturated heterocycles. The highest BCUT2D eigenvalue weighted by Crippen LogP contribution is 2.28. The molecule has 1 amide bonds. The van der Waals surface area contributed by atoms with E-state index >= 15 is 0 Å². The van der Waals surface area contributed by atoms with E-state index in [1.54, 1.807) is 12.4 Å². The minimum absolute atomic E-state index is 0.0513. The fraction of sp³-hybridized carbons (Fsp3) is 0.667. The van der Waals surface area contributed by atoms with Crippen LogP contribution in [0.5, 0.6) is 0 Å². The van der Waals surface area contributed by atoms with Gasteiger partial charge in [-0.25, -0.2) is 0 Å². The molecule has 6 heteroatoms. The van der Waals surface area contributed by atoms with Crippen molar-refractivity contribution in [3.8, 4) is 0 Å². The van der Waals surface area contributed by atoms with Crippen molar-refractivity contribution in [1.29, 1.82) is 0 Å². The molecule has 1 aromatic rings. The lowest BCUT2D eigenvalue weighted by atomic mass is 9.84. The number of rotatable bonds is 3. The van der Waals surface area contributed by atoms with Gasteiger partial charge >= 0.3 is 0 Å². The lowest BCUT2D eigenvalue weighted by Gasteiger charge is -2.38. The van der Waals surface area contributed by atoms with Crippen LogP contribution in [0.2, 0.25) is 0 Å². The van der Waals surface area contributed by atoms with Gasteiger partial charge in [0.15, 0.2) is 0 Å². The van der Waals surface area contributed by atoms with Crippen LogP contribution < -0.4 is 10.6 Å². The summed E-state index contributed by atoms with van der Waals surface area (Å²) in [6.45, 7) is 4.83. The van der Waals surface area contributed by atoms with E-state index in [2.05, 4.69) is 20.6 Å². The Morgan fingerprint density at radius 2 is 2.38 bits per heavy atom. The fourth-order valence-corrected chi connectivity index (χ4v) is 3.04. The van der Waals surface area contributed by atoms with Gasteiger partial charge < -0.3 is 15.4 Å². The maximum absolute atomic E-state index is 12.3. The summed E-state index contributed by atoms with van der Waals surface area (Å²) in [6, 6.07) is 0. The first-order chi connectivity index (χ1) is 10.2. The number of amides is 1. The van der Waals surface area contributed by atoms with Crippen molar-refractivity contribution >= 4 is 5.91 Å². The molecule has 2 aliphatic rings. The molecule has 3 heterocycles. The van der Waals surface area contributed by atoms with E-state index in [4.69, 9.17) is 4.74 Å². The predicted molar refractivity (Wildman–Crippen MR) is 77.4 cm³/mol. The number of nitrogens with zero attached hydrogens (tertiary/aromatic N) is 2. The normalized spacial score (nSPS) is 28.7. The van der Waals surface area contributed by atoms with Crippen LogP contribution in [-0.4, -0.2) is 41.7 Å². The second-order valence-electron chi connectivity index (χ2n) is 5.92. The van der Waals surface area contributed by atoms with Gasteiger partial charge in [0.1, 0.15) is 0 Å². The molecule has 0 unspecified atom stereocenters. The maximum Gasteiger partial charge on any atom is 0.225 e. The first-order valence-electron chi connectivity index (χ1n) is 7.60. The summed E-state index contributed by atoms with van der Waals surface area (Å²) >= 11 is 0. The Bertz CT molecular complexity index is 491. The van der Waals surface area contributed by atoms with Crippen LogP contribution in [0.4, 0.5) is 0 Å². The van der Waals surface area contributed by atoms with Gasteiger partial charge in [-0.15, -0.1) is 0 Å². The minimum Gasteiger partial charge on any atom is -0.377 e. The van der Waals surface area contributed by atoms with Gasteiger partial charge in [-0.1, -0.05) is 0 Å². The largest absolute Gasteiger partial charge is 0.377 e. The fourth-order valence-electron chi connectivity index (χ4n) is 3.04. The van der Waals surface area contributed by atoms with Crippen molar-refractivity contribution in [3.63, 3.8) is 0 Å². The number of carbonyl (C=O) groups excluding carboxylic acids is 1. The van der Waals surface area contributed by atoms with Crippen molar-refractivity contribution in [3.05, 3.63) is 23.8 Å². The number of nitrogens with one attached hydrogen (secondary N) is 2. The second kappa shape index (κ2) is 6.49. The van der Waals surface area contributed by atoms with E-state index in [1.165, 1.54) is 0 Å². The molecule has 6 nitrogen and oxygen atoms in total. The van der Waals surface area contributed by atoms with Crippen LogP contribution in [0.15, 0.2) is 12.4 Å². The third-order valence-electron chi connectivity index (χ3n) is 4.29. The maximum atomic E-state index is 12.3. The molecule has 2 fully saturated rings. The number of aromatic nitrogens is 2. The van der Waals surface area contributed by atoms with Gasteiger partial charge in [0.05, 0.1) is 42.8 Å². The Kier molecular flexibility index (Phi) is 4.45. The molecule has 0 bridgehead atoms. The zero-order valence-corrected chi connectivity index (χ0v) is 12.3. The summed E-state index contributed by atoms with van der Waals surface area (Å²) in [6.07, 6.45) is 5.71. The van der Waals surface area contributed by atoms with Gasteiger partial charge in [0, 0.05) is 12.7 Å². The third-order valence-corrected chi connectivity index (χ3v) is 4.29. The molecule has 3 atom stereocenters. The minimum atomic E-state index is -0.0513. The van der Waals surface area contributed by atoms with Crippen LogP contribution in [0.1, 0.15) is 24.2 Å². The summed E-state index contributed by atoms with van der Waals surface area (Å²) < 4.78 is 5.85. The molecule has 2 N–H and O–H groups in total. The highest BCUT2D eigenvalue weighted by Gasteiger charge is 2.35. The van der Waals surface area contributed by atoms with Crippen molar-refractivity contribution < 1.29 is 9.53 Å².